The third kappa shape index (κ3) is 5.90. The van der Waals surface area contributed by atoms with Crippen LogP contribution in [0.15, 0.2) is 53.2 Å². The number of likely N-dealkylation sites (N-methyl/N-ethyl adjacent to an activating group) is 1. The Bertz CT molecular complexity index is 2170. The lowest BCUT2D eigenvalue weighted by molar-refractivity contribution is -0.124. The summed E-state index contributed by atoms with van der Waals surface area (Å²) in [6, 6.07) is 12.5. The highest BCUT2D eigenvalue weighted by molar-refractivity contribution is 6.36. The minimum atomic E-state index is -0.0820. The van der Waals surface area contributed by atoms with Crippen LogP contribution < -0.4 is 9.64 Å². The van der Waals surface area contributed by atoms with E-state index < -0.39 is 0 Å². The van der Waals surface area contributed by atoms with Crippen molar-refractivity contribution >= 4 is 51.1 Å². The van der Waals surface area contributed by atoms with Crippen molar-refractivity contribution in [3.8, 4) is 17.3 Å². The average Bonchev–Trinajstić information content (AvgIpc) is 3.49. The summed E-state index contributed by atoms with van der Waals surface area (Å²) in [7, 11) is 2.04. The fourth-order valence-electron chi connectivity index (χ4n) is 8.44. The Morgan fingerprint density at radius 2 is 1.88 bits per heavy atom. The Morgan fingerprint density at radius 3 is 2.69 bits per heavy atom. The van der Waals surface area contributed by atoms with Gasteiger partial charge in [0.05, 0.1) is 22.1 Å². The number of rotatable bonds is 9. The molecule has 3 aliphatic heterocycles. The monoisotopic (exact) mass is 704 g/mol. The van der Waals surface area contributed by atoms with Gasteiger partial charge in [0.25, 0.3) is 5.89 Å². The molecule has 51 heavy (non-hydrogen) atoms. The molecule has 1 amide bonds. The summed E-state index contributed by atoms with van der Waals surface area (Å²) >= 11 is 6.77. The molecule has 2 aromatic carbocycles. The van der Waals surface area contributed by atoms with Gasteiger partial charge in [-0.3, -0.25) is 14.7 Å². The van der Waals surface area contributed by atoms with Crippen LogP contribution in [0.25, 0.3) is 39.0 Å². The molecule has 12 heteroatoms. The van der Waals surface area contributed by atoms with E-state index in [9.17, 15) is 4.79 Å². The van der Waals surface area contributed by atoms with Crippen LogP contribution in [0.1, 0.15) is 68.1 Å². The maximum atomic E-state index is 13.2. The van der Waals surface area contributed by atoms with E-state index in [1.807, 2.05) is 36.3 Å². The Kier molecular flexibility index (Phi) is 8.15. The van der Waals surface area contributed by atoms with Crippen LogP contribution in [0.4, 0.5) is 5.82 Å². The summed E-state index contributed by atoms with van der Waals surface area (Å²) < 4.78 is 11.9. The molecule has 4 aliphatic rings. The minimum absolute atomic E-state index is 0.0359. The topological polar surface area (TPSA) is 114 Å². The highest BCUT2D eigenvalue weighted by Crippen LogP contribution is 2.41. The van der Waals surface area contributed by atoms with E-state index in [2.05, 4.69) is 45.1 Å². The van der Waals surface area contributed by atoms with Gasteiger partial charge in [-0.2, -0.15) is 15.0 Å². The van der Waals surface area contributed by atoms with Gasteiger partial charge in [-0.15, -0.1) is 0 Å². The molecule has 3 aromatic heterocycles. The number of carbonyl (C=O) groups excluding carboxylic acids is 1. The van der Waals surface area contributed by atoms with Gasteiger partial charge in [-0.1, -0.05) is 47.1 Å². The van der Waals surface area contributed by atoms with Crippen LogP contribution >= 0.6 is 11.6 Å². The lowest BCUT2D eigenvalue weighted by Crippen LogP contribution is -2.43. The molecule has 262 valence electrons. The molecule has 0 N–H and O–H groups in total. The highest BCUT2D eigenvalue weighted by Gasteiger charge is 2.45. The number of carbonyl (C=O) groups is 1. The summed E-state index contributed by atoms with van der Waals surface area (Å²) in [5, 5.41) is 7.59. The fraction of sp³-hybridized carbons (Fsp3) is 0.436. The van der Waals surface area contributed by atoms with Gasteiger partial charge in [0.2, 0.25) is 5.91 Å². The number of halogens is 1. The largest absolute Gasteiger partial charge is 0.461 e. The Balaban J connectivity index is 1.04. The van der Waals surface area contributed by atoms with E-state index in [0.29, 0.717) is 42.5 Å². The number of aryl methyl sites for hydroxylation is 1. The molecule has 1 aliphatic carbocycles. The minimum Gasteiger partial charge on any atom is -0.461 e. The summed E-state index contributed by atoms with van der Waals surface area (Å²) in [4.78, 5) is 39.4. The third-order valence-electron chi connectivity index (χ3n) is 11.5. The van der Waals surface area contributed by atoms with Gasteiger partial charge in [-0.05, 0) is 76.4 Å². The van der Waals surface area contributed by atoms with Gasteiger partial charge in [0, 0.05) is 72.0 Å². The molecule has 5 aromatic rings. The standard InChI is InChI=1S/C39H41ClN8O3/c1-24-34(28-9-3-7-25-8-4-10-30(40)33(25)28)41-21-29-35(24)43-38(50-23-39-16-5-18-48(39)19-6-17-39)44-37(29)46(2)27-15-20-47(22-27)32(49)14-13-31-42-36(45-51-31)26-11-12-26/h3-4,7-10,13-14,21,26-27H,5-6,11-12,15-20,22-23H2,1-2H3/b14-13+/t27-/m1/s1. The second kappa shape index (κ2) is 12.9. The number of hydrogen-bond donors (Lipinski definition) is 0. The molecule has 11 nitrogen and oxygen atoms in total. The molecule has 3 saturated heterocycles. The molecule has 1 saturated carbocycles. The lowest BCUT2D eigenvalue weighted by atomic mass is 9.95. The van der Waals surface area contributed by atoms with Crippen molar-refractivity contribution in [3.63, 3.8) is 0 Å². The van der Waals surface area contributed by atoms with Crippen LogP contribution in [0, 0.1) is 6.92 Å². The zero-order valence-electron chi connectivity index (χ0n) is 29.0. The smallest absolute Gasteiger partial charge is 0.319 e. The summed E-state index contributed by atoms with van der Waals surface area (Å²) in [6.07, 6.45) is 12.7. The second-order valence-corrected chi connectivity index (χ2v) is 15.0. The molecule has 0 bridgehead atoms. The van der Waals surface area contributed by atoms with E-state index in [1.165, 1.54) is 18.9 Å². The average molecular weight is 705 g/mol. The van der Waals surface area contributed by atoms with Crippen LogP contribution in [0.5, 0.6) is 6.01 Å². The Morgan fingerprint density at radius 1 is 1.08 bits per heavy atom. The molecule has 6 heterocycles. The zero-order valence-corrected chi connectivity index (χ0v) is 29.8. The van der Waals surface area contributed by atoms with Crippen LogP contribution in [0.3, 0.4) is 0 Å². The van der Waals surface area contributed by atoms with E-state index in [-0.39, 0.29) is 17.5 Å². The van der Waals surface area contributed by atoms with Gasteiger partial charge in [0.1, 0.15) is 12.4 Å². The number of ether oxygens (including phenoxy) is 1. The first-order valence-electron chi connectivity index (χ1n) is 18.1. The number of aromatic nitrogens is 5. The van der Waals surface area contributed by atoms with E-state index >= 15 is 0 Å². The highest BCUT2D eigenvalue weighted by atomic mass is 35.5. The van der Waals surface area contributed by atoms with Crippen molar-refractivity contribution < 1.29 is 14.1 Å². The maximum Gasteiger partial charge on any atom is 0.319 e. The number of fused-ring (bicyclic) bond motifs is 3. The van der Waals surface area contributed by atoms with Gasteiger partial charge < -0.3 is 19.1 Å². The van der Waals surface area contributed by atoms with Crippen molar-refractivity contribution in [3.05, 3.63) is 71.0 Å². The van der Waals surface area contributed by atoms with Crippen molar-refractivity contribution in [1.82, 2.24) is 34.9 Å². The number of amides is 1. The Labute approximate surface area is 301 Å². The predicted molar refractivity (Wildman–Crippen MR) is 197 cm³/mol. The van der Waals surface area contributed by atoms with Crippen LogP contribution in [-0.2, 0) is 4.79 Å². The molecule has 0 unspecified atom stereocenters. The summed E-state index contributed by atoms with van der Waals surface area (Å²) in [5.74, 6) is 2.15. The molecular formula is C39H41ClN8O3. The van der Waals surface area contributed by atoms with Crippen LogP contribution in [0.2, 0.25) is 5.02 Å². The van der Waals surface area contributed by atoms with Crippen molar-refractivity contribution in [2.24, 2.45) is 0 Å². The van der Waals surface area contributed by atoms with Gasteiger partial charge in [-0.25, -0.2) is 0 Å². The number of nitrogens with zero attached hydrogens (tertiary/aromatic N) is 8. The predicted octanol–water partition coefficient (Wildman–Crippen LogP) is 6.82. The quantitative estimate of drug-likeness (QED) is 0.151. The van der Waals surface area contributed by atoms with E-state index in [1.54, 1.807) is 6.08 Å². The van der Waals surface area contributed by atoms with Crippen molar-refractivity contribution in [2.75, 3.05) is 44.7 Å². The molecule has 9 rings (SSSR count). The number of anilines is 1. The summed E-state index contributed by atoms with van der Waals surface area (Å²) in [5.41, 5.74) is 3.57. The van der Waals surface area contributed by atoms with Gasteiger partial charge in [0.15, 0.2) is 5.82 Å². The third-order valence-corrected chi connectivity index (χ3v) is 11.8. The number of pyridine rings is 1. The molecule has 0 radical (unpaired) electrons. The first kappa shape index (κ1) is 32.3. The molecule has 4 fully saturated rings. The number of hydrogen-bond acceptors (Lipinski definition) is 10. The number of likely N-dealkylation sites (tertiary alicyclic amines) is 1. The zero-order chi connectivity index (χ0) is 34.7. The SMILES string of the molecule is Cc1c(-c2cccc3cccc(Cl)c23)ncc2c(N(C)[C@@H]3CCN(C(=O)/C=C/c4nc(C5CC5)no4)C3)nc(OCC34CCCN3CCC4)nc12. The molecule has 1 atom stereocenters. The van der Waals surface area contributed by atoms with Crippen LogP contribution in [-0.4, -0.2) is 92.2 Å². The fourth-order valence-corrected chi connectivity index (χ4v) is 8.72. The van der Waals surface area contributed by atoms with Crippen molar-refractivity contribution in [1.29, 1.82) is 0 Å². The van der Waals surface area contributed by atoms with Crippen molar-refractivity contribution in [2.45, 2.75) is 69.4 Å². The molecule has 0 spiro atoms. The normalized spacial score (nSPS) is 20.2. The second-order valence-electron chi connectivity index (χ2n) is 14.6. The number of benzene rings is 2. The maximum absolute atomic E-state index is 13.2. The lowest BCUT2D eigenvalue weighted by Gasteiger charge is -2.31. The molecular weight excluding hydrogens is 664 g/mol. The Hall–Kier alpha value is -4.61. The first-order chi connectivity index (χ1) is 24.9. The van der Waals surface area contributed by atoms with E-state index in [4.69, 9.17) is 35.8 Å². The van der Waals surface area contributed by atoms with Gasteiger partial charge >= 0.3 is 6.01 Å². The summed E-state index contributed by atoms with van der Waals surface area (Å²) in [6.45, 7) is 6.06. The van der Waals surface area contributed by atoms with E-state index in [0.717, 1.165) is 95.3 Å². The first-order valence-corrected chi connectivity index (χ1v) is 18.5.